The molecule has 0 saturated carbocycles. The number of hydrogen-bond donors (Lipinski definition) is 1. The molecule has 32 heavy (non-hydrogen) atoms. The maximum atomic E-state index is 12.5. The van der Waals surface area contributed by atoms with Crippen LogP contribution < -0.4 is 5.32 Å². The summed E-state index contributed by atoms with van der Waals surface area (Å²) >= 11 is 0. The topological polar surface area (TPSA) is 77.2 Å². The number of rotatable bonds is 9. The molecular weight excluding hydrogens is 406 g/mol. The van der Waals surface area contributed by atoms with Gasteiger partial charge in [-0.25, -0.2) is 9.59 Å². The standard InChI is InChI=1S/C26H25NO5/c28-25(30-17-20-12-6-2-7-13-20)24-23(32-24)22(16-19-10-4-1-5-11-19)27-26(29)31-18-21-14-8-3-9-15-21/h1-15,22-24H,16-18H2,(H,27,29)/t22-,23-,24?/m0/s1. The Bertz CT molecular complexity index is 1010. The maximum Gasteiger partial charge on any atom is 0.407 e. The van der Waals surface area contributed by atoms with E-state index in [9.17, 15) is 9.59 Å². The zero-order chi connectivity index (χ0) is 22.2. The number of epoxide rings is 1. The van der Waals surface area contributed by atoms with Crippen LogP contribution in [0.15, 0.2) is 91.0 Å². The fourth-order valence-electron chi connectivity index (χ4n) is 3.46. The first-order chi connectivity index (χ1) is 15.7. The molecule has 6 nitrogen and oxygen atoms in total. The van der Waals surface area contributed by atoms with Gasteiger partial charge in [0.15, 0.2) is 6.10 Å². The minimum Gasteiger partial charge on any atom is -0.459 e. The zero-order valence-corrected chi connectivity index (χ0v) is 17.6. The summed E-state index contributed by atoms with van der Waals surface area (Å²) in [6, 6.07) is 28.2. The number of hydrogen-bond acceptors (Lipinski definition) is 5. The Hall–Kier alpha value is -3.64. The predicted molar refractivity (Wildman–Crippen MR) is 119 cm³/mol. The van der Waals surface area contributed by atoms with E-state index in [0.29, 0.717) is 6.42 Å². The third-order valence-corrected chi connectivity index (χ3v) is 5.19. The molecule has 6 heteroatoms. The molecule has 1 saturated heterocycles. The summed E-state index contributed by atoms with van der Waals surface area (Å²) in [4.78, 5) is 24.9. The lowest BCUT2D eigenvalue weighted by atomic mass is 10.0. The van der Waals surface area contributed by atoms with E-state index >= 15 is 0 Å². The van der Waals surface area contributed by atoms with Crippen molar-refractivity contribution in [1.82, 2.24) is 5.32 Å². The molecule has 0 radical (unpaired) electrons. The number of benzene rings is 3. The average molecular weight is 431 g/mol. The van der Waals surface area contributed by atoms with Gasteiger partial charge in [-0.2, -0.15) is 0 Å². The summed E-state index contributed by atoms with van der Waals surface area (Å²) in [6.07, 6.45) is -1.22. The third kappa shape index (κ3) is 6.18. The molecule has 3 atom stereocenters. The van der Waals surface area contributed by atoms with Crippen LogP contribution in [-0.2, 0) is 38.6 Å². The molecule has 0 bridgehead atoms. The van der Waals surface area contributed by atoms with E-state index in [1.54, 1.807) is 0 Å². The Labute approximate surface area is 187 Å². The molecule has 1 N–H and O–H groups in total. The fraction of sp³-hybridized carbons (Fsp3) is 0.231. The minimum atomic E-state index is -0.707. The van der Waals surface area contributed by atoms with Gasteiger partial charge in [0.05, 0.1) is 6.04 Å². The van der Waals surface area contributed by atoms with Crippen molar-refractivity contribution in [2.45, 2.75) is 37.9 Å². The molecule has 0 spiro atoms. The molecule has 0 aliphatic carbocycles. The van der Waals surface area contributed by atoms with Crippen LogP contribution in [-0.4, -0.2) is 30.3 Å². The highest BCUT2D eigenvalue weighted by atomic mass is 16.6. The van der Waals surface area contributed by atoms with Gasteiger partial charge in [0.2, 0.25) is 0 Å². The third-order valence-electron chi connectivity index (χ3n) is 5.19. The van der Waals surface area contributed by atoms with Gasteiger partial charge in [-0.05, 0) is 23.1 Å². The van der Waals surface area contributed by atoms with Gasteiger partial charge in [0.1, 0.15) is 19.3 Å². The Balaban J connectivity index is 1.34. The monoisotopic (exact) mass is 431 g/mol. The second kappa shape index (κ2) is 10.6. The van der Waals surface area contributed by atoms with Crippen molar-refractivity contribution in [2.24, 2.45) is 0 Å². The first-order valence-electron chi connectivity index (χ1n) is 10.6. The van der Waals surface area contributed by atoms with Crippen molar-refractivity contribution >= 4 is 12.1 Å². The maximum absolute atomic E-state index is 12.5. The van der Waals surface area contributed by atoms with E-state index in [1.807, 2.05) is 91.0 Å². The van der Waals surface area contributed by atoms with Crippen LogP contribution in [0.25, 0.3) is 0 Å². The van der Waals surface area contributed by atoms with E-state index in [-0.39, 0.29) is 13.2 Å². The Morgan fingerprint density at radius 1 is 0.750 bits per heavy atom. The van der Waals surface area contributed by atoms with Crippen molar-refractivity contribution in [3.8, 4) is 0 Å². The smallest absolute Gasteiger partial charge is 0.407 e. The molecule has 1 fully saturated rings. The second-order valence-corrected chi connectivity index (χ2v) is 7.62. The second-order valence-electron chi connectivity index (χ2n) is 7.62. The normalized spacial score (nSPS) is 17.8. The van der Waals surface area contributed by atoms with Gasteiger partial charge >= 0.3 is 12.1 Å². The van der Waals surface area contributed by atoms with Gasteiger partial charge in [-0.3, -0.25) is 0 Å². The van der Waals surface area contributed by atoms with Gasteiger partial charge in [0.25, 0.3) is 0 Å². The average Bonchev–Trinajstić information content (AvgIpc) is 3.64. The number of carbonyl (C=O) groups excluding carboxylic acids is 2. The van der Waals surface area contributed by atoms with Crippen molar-refractivity contribution in [3.05, 3.63) is 108 Å². The highest BCUT2D eigenvalue weighted by Gasteiger charge is 2.51. The predicted octanol–water partition coefficient (Wildman–Crippen LogP) is 4.03. The molecule has 0 aromatic heterocycles. The van der Waals surface area contributed by atoms with Crippen molar-refractivity contribution in [2.75, 3.05) is 0 Å². The Kier molecular flexibility index (Phi) is 7.15. The fourth-order valence-corrected chi connectivity index (χ4v) is 3.46. The lowest BCUT2D eigenvalue weighted by Gasteiger charge is -2.17. The summed E-state index contributed by atoms with van der Waals surface area (Å²) in [5.41, 5.74) is 2.82. The molecule has 1 aliphatic heterocycles. The van der Waals surface area contributed by atoms with Crippen LogP contribution in [0, 0.1) is 0 Å². The number of ether oxygens (including phenoxy) is 3. The number of carbonyl (C=O) groups is 2. The zero-order valence-electron chi connectivity index (χ0n) is 17.6. The van der Waals surface area contributed by atoms with Crippen LogP contribution >= 0.6 is 0 Å². The number of esters is 1. The largest absolute Gasteiger partial charge is 0.459 e. The van der Waals surface area contributed by atoms with Gasteiger partial charge < -0.3 is 19.5 Å². The summed E-state index contributed by atoms with van der Waals surface area (Å²) in [7, 11) is 0. The first-order valence-corrected chi connectivity index (χ1v) is 10.6. The molecule has 3 aromatic carbocycles. The van der Waals surface area contributed by atoms with Gasteiger partial charge in [0, 0.05) is 0 Å². The molecule has 1 amide bonds. The van der Waals surface area contributed by atoms with E-state index in [4.69, 9.17) is 14.2 Å². The highest BCUT2D eigenvalue weighted by molar-refractivity contribution is 5.78. The molecule has 3 aromatic rings. The number of amides is 1. The van der Waals surface area contributed by atoms with Crippen LogP contribution in [0.4, 0.5) is 4.79 Å². The Morgan fingerprint density at radius 3 is 1.81 bits per heavy atom. The van der Waals surface area contributed by atoms with Gasteiger partial charge in [-0.15, -0.1) is 0 Å². The first kappa shape index (κ1) is 21.6. The quantitative estimate of drug-likeness (QED) is 0.409. The molecule has 1 unspecified atom stereocenters. The van der Waals surface area contributed by atoms with Crippen LogP contribution in [0.3, 0.4) is 0 Å². The number of nitrogens with one attached hydrogen (secondary N) is 1. The molecule has 1 heterocycles. The highest BCUT2D eigenvalue weighted by Crippen LogP contribution is 2.29. The van der Waals surface area contributed by atoms with Crippen LogP contribution in [0.5, 0.6) is 0 Å². The SMILES string of the molecule is O=C(N[C@@H](Cc1ccccc1)[C@@H]1OC1C(=O)OCc1ccccc1)OCc1ccccc1. The van der Waals surface area contributed by atoms with Crippen molar-refractivity contribution < 1.29 is 23.8 Å². The summed E-state index contributed by atoms with van der Waals surface area (Å²) in [5.74, 6) is -0.434. The lowest BCUT2D eigenvalue weighted by molar-refractivity contribution is -0.146. The van der Waals surface area contributed by atoms with Crippen molar-refractivity contribution in [1.29, 1.82) is 0 Å². The minimum absolute atomic E-state index is 0.165. The van der Waals surface area contributed by atoms with E-state index in [1.165, 1.54) is 0 Å². The molecular formula is C26H25NO5. The Morgan fingerprint density at radius 2 is 1.25 bits per heavy atom. The number of alkyl carbamates (subject to hydrolysis) is 1. The van der Waals surface area contributed by atoms with E-state index < -0.39 is 30.3 Å². The molecule has 4 rings (SSSR count). The van der Waals surface area contributed by atoms with Crippen LogP contribution in [0.1, 0.15) is 16.7 Å². The summed E-state index contributed by atoms with van der Waals surface area (Å²) in [6.45, 7) is 0.348. The molecule has 164 valence electrons. The van der Waals surface area contributed by atoms with Crippen molar-refractivity contribution in [3.63, 3.8) is 0 Å². The summed E-state index contributed by atoms with van der Waals surface area (Å²) in [5, 5.41) is 2.86. The van der Waals surface area contributed by atoms with Gasteiger partial charge in [-0.1, -0.05) is 91.0 Å². The van der Waals surface area contributed by atoms with Crippen LogP contribution in [0.2, 0.25) is 0 Å². The van der Waals surface area contributed by atoms with E-state index in [2.05, 4.69) is 5.32 Å². The summed E-state index contributed by atoms with van der Waals surface area (Å²) < 4.78 is 16.4. The van der Waals surface area contributed by atoms with E-state index in [0.717, 1.165) is 16.7 Å². The molecule has 1 aliphatic rings. The lowest BCUT2D eigenvalue weighted by Crippen LogP contribution is -2.42.